The van der Waals surface area contributed by atoms with Crippen LogP contribution in [-0.4, -0.2) is 23.3 Å². The Hall–Kier alpha value is -1.72. The SMILES string of the molecule is COc1ccc(C2=C(Cl)C(=O)N(c3ccc(Cl)cc3)C(=O)C2(Cl)Cl)cc1. The van der Waals surface area contributed by atoms with Crippen molar-refractivity contribution in [3.63, 3.8) is 0 Å². The number of nitrogens with zero attached hydrogens (tertiary/aromatic N) is 1. The Morgan fingerprint density at radius 2 is 1.50 bits per heavy atom. The summed E-state index contributed by atoms with van der Waals surface area (Å²) >= 11 is 24.8. The van der Waals surface area contributed by atoms with E-state index in [9.17, 15) is 9.59 Å². The summed E-state index contributed by atoms with van der Waals surface area (Å²) in [6, 6.07) is 12.6. The highest BCUT2D eigenvalue weighted by Gasteiger charge is 2.51. The van der Waals surface area contributed by atoms with Crippen molar-refractivity contribution in [3.8, 4) is 5.75 Å². The van der Waals surface area contributed by atoms with Gasteiger partial charge >= 0.3 is 0 Å². The Morgan fingerprint density at radius 3 is 2.04 bits per heavy atom. The van der Waals surface area contributed by atoms with Crippen LogP contribution in [0.5, 0.6) is 5.75 Å². The van der Waals surface area contributed by atoms with Gasteiger partial charge in [-0.1, -0.05) is 58.5 Å². The quantitative estimate of drug-likeness (QED) is 0.505. The van der Waals surface area contributed by atoms with Crippen LogP contribution >= 0.6 is 46.4 Å². The predicted octanol–water partition coefficient (Wildman–Crippen LogP) is 5.05. The highest BCUT2D eigenvalue weighted by molar-refractivity contribution is 6.70. The Kier molecular flexibility index (Phi) is 5.22. The third kappa shape index (κ3) is 3.19. The maximum atomic E-state index is 12.9. The highest BCUT2D eigenvalue weighted by atomic mass is 35.5. The molecule has 0 aromatic heterocycles. The number of carbonyl (C=O) groups is 2. The average Bonchev–Trinajstić information content (AvgIpc) is 2.62. The molecule has 0 radical (unpaired) electrons. The van der Waals surface area contributed by atoms with Crippen LogP contribution in [0.2, 0.25) is 5.02 Å². The van der Waals surface area contributed by atoms with Gasteiger partial charge in [0, 0.05) is 10.6 Å². The standard InChI is InChI=1S/C18H11Cl4NO3/c1-26-13-8-2-10(3-9-13)14-15(20)16(24)23(17(25)18(14,21)22)12-6-4-11(19)5-7-12/h2-9H,1H3. The molecular formula is C18H11Cl4NO3. The van der Waals surface area contributed by atoms with E-state index in [1.54, 1.807) is 24.3 Å². The molecule has 2 amide bonds. The topological polar surface area (TPSA) is 46.6 Å². The van der Waals surface area contributed by atoms with E-state index < -0.39 is 16.1 Å². The van der Waals surface area contributed by atoms with Crippen LogP contribution in [-0.2, 0) is 9.59 Å². The van der Waals surface area contributed by atoms with Gasteiger partial charge in [-0.3, -0.25) is 9.59 Å². The number of hydrogen-bond donors (Lipinski definition) is 0. The summed E-state index contributed by atoms with van der Waals surface area (Å²) in [6.07, 6.45) is 0. The number of benzene rings is 2. The number of anilines is 1. The molecule has 8 heteroatoms. The number of carbonyl (C=O) groups excluding carboxylic acids is 2. The molecule has 4 nitrogen and oxygen atoms in total. The summed E-state index contributed by atoms with van der Waals surface area (Å²) in [5, 5.41) is 0.212. The number of imide groups is 1. The van der Waals surface area contributed by atoms with Crippen LogP contribution in [0.3, 0.4) is 0 Å². The monoisotopic (exact) mass is 429 g/mol. The van der Waals surface area contributed by atoms with Crippen molar-refractivity contribution in [3.05, 3.63) is 64.1 Å². The van der Waals surface area contributed by atoms with Gasteiger partial charge in [0.15, 0.2) is 0 Å². The molecule has 2 aromatic rings. The summed E-state index contributed by atoms with van der Waals surface area (Å²) in [7, 11) is 1.52. The molecule has 1 aliphatic heterocycles. The van der Waals surface area contributed by atoms with Crippen LogP contribution < -0.4 is 9.64 Å². The Balaban J connectivity index is 2.13. The lowest BCUT2D eigenvalue weighted by Crippen LogP contribution is -2.51. The molecule has 0 unspecified atom stereocenters. The summed E-state index contributed by atoms with van der Waals surface area (Å²) in [6.45, 7) is 0. The molecule has 0 N–H and O–H groups in total. The molecule has 134 valence electrons. The number of amides is 2. The van der Waals surface area contributed by atoms with E-state index in [1.165, 1.54) is 31.4 Å². The van der Waals surface area contributed by atoms with Crippen LogP contribution in [0, 0.1) is 0 Å². The summed E-state index contributed by atoms with van der Waals surface area (Å²) in [4.78, 5) is 26.5. The summed E-state index contributed by atoms with van der Waals surface area (Å²) < 4.78 is 3.05. The molecule has 2 aromatic carbocycles. The summed E-state index contributed by atoms with van der Waals surface area (Å²) in [5.74, 6) is -0.943. The van der Waals surface area contributed by atoms with E-state index >= 15 is 0 Å². The second-order valence-electron chi connectivity index (χ2n) is 5.41. The number of methoxy groups -OCH3 is 1. The predicted molar refractivity (Wildman–Crippen MR) is 104 cm³/mol. The highest BCUT2D eigenvalue weighted by Crippen LogP contribution is 2.46. The maximum absolute atomic E-state index is 12.9. The van der Waals surface area contributed by atoms with Gasteiger partial charge in [-0.15, -0.1) is 0 Å². The average molecular weight is 431 g/mol. The molecule has 1 aliphatic rings. The Labute approximate surface area is 169 Å². The molecular weight excluding hydrogens is 420 g/mol. The fraction of sp³-hybridized carbons (Fsp3) is 0.111. The van der Waals surface area contributed by atoms with Gasteiger partial charge in [0.2, 0.25) is 4.33 Å². The fourth-order valence-electron chi connectivity index (χ4n) is 2.57. The number of halogens is 4. The van der Waals surface area contributed by atoms with Gasteiger partial charge in [0.25, 0.3) is 11.8 Å². The minimum Gasteiger partial charge on any atom is -0.497 e. The lowest BCUT2D eigenvalue weighted by Gasteiger charge is -2.34. The van der Waals surface area contributed by atoms with Gasteiger partial charge in [-0.2, -0.15) is 0 Å². The van der Waals surface area contributed by atoms with Crippen molar-refractivity contribution in [1.82, 2.24) is 0 Å². The molecule has 3 rings (SSSR count). The molecule has 1 heterocycles. The minimum absolute atomic E-state index is 0.0327. The molecule has 0 bridgehead atoms. The zero-order valence-corrected chi connectivity index (χ0v) is 16.3. The second-order valence-corrected chi connectivity index (χ2v) is 7.56. The molecule has 0 spiro atoms. The van der Waals surface area contributed by atoms with E-state index in [0.29, 0.717) is 16.3 Å². The third-order valence-corrected chi connectivity index (χ3v) is 5.16. The number of alkyl halides is 2. The molecule has 0 saturated heterocycles. The van der Waals surface area contributed by atoms with Gasteiger partial charge in [0.1, 0.15) is 10.8 Å². The van der Waals surface area contributed by atoms with Crippen molar-refractivity contribution >= 4 is 69.5 Å². The lowest BCUT2D eigenvalue weighted by atomic mass is 9.96. The molecule has 26 heavy (non-hydrogen) atoms. The van der Waals surface area contributed by atoms with Gasteiger partial charge in [-0.05, 0) is 42.0 Å². The van der Waals surface area contributed by atoms with Gasteiger partial charge < -0.3 is 4.74 Å². The number of ether oxygens (including phenoxy) is 1. The van der Waals surface area contributed by atoms with Crippen LogP contribution in [0.15, 0.2) is 53.6 Å². The minimum atomic E-state index is -2.04. The normalized spacial score (nSPS) is 16.9. The van der Waals surface area contributed by atoms with Crippen LogP contribution in [0.4, 0.5) is 5.69 Å². The van der Waals surface area contributed by atoms with E-state index in [1.807, 2.05) is 0 Å². The summed E-state index contributed by atoms with van der Waals surface area (Å²) in [5.41, 5.74) is 0.741. The largest absolute Gasteiger partial charge is 0.497 e. The Morgan fingerprint density at radius 1 is 0.923 bits per heavy atom. The smallest absolute Gasteiger partial charge is 0.277 e. The number of rotatable bonds is 3. The molecule has 0 fully saturated rings. The maximum Gasteiger partial charge on any atom is 0.277 e. The van der Waals surface area contributed by atoms with Crippen molar-refractivity contribution < 1.29 is 14.3 Å². The second kappa shape index (κ2) is 7.12. The zero-order valence-electron chi connectivity index (χ0n) is 13.3. The lowest BCUT2D eigenvalue weighted by molar-refractivity contribution is -0.124. The van der Waals surface area contributed by atoms with E-state index in [2.05, 4.69) is 0 Å². The molecule has 0 aliphatic carbocycles. The third-order valence-electron chi connectivity index (χ3n) is 3.86. The van der Waals surface area contributed by atoms with Gasteiger partial charge in [0.05, 0.1) is 12.8 Å². The van der Waals surface area contributed by atoms with E-state index in [0.717, 1.165) is 4.90 Å². The van der Waals surface area contributed by atoms with Gasteiger partial charge in [-0.25, -0.2) is 4.90 Å². The fourth-order valence-corrected chi connectivity index (χ4v) is 3.71. The number of hydrogen-bond acceptors (Lipinski definition) is 3. The first-order valence-electron chi connectivity index (χ1n) is 7.34. The van der Waals surface area contributed by atoms with Crippen molar-refractivity contribution in [2.75, 3.05) is 12.0 Å². The molecule has 0 saturated carbocycles. The van der Waals surface area contributed by atoms with E-state index in [-0.39, 0.29) is 16.3 Å². The van der Waals surface area contributed by atoms with Crippen molar-refractivity contribution in [2.45, 2.75) is 4.33 Å². The van der Waals surface area contributed by atoms with E-state index in [4.69, 9.17) is 51.1 Å². The first kappa shape index (κ1) is 19.1. The van der Waals surface area contributed by atoms with Crippen LogP contribution in [0.1, 0.15) is 5.56 Å². The zero-order chi connectivity index (χ0) is 19.1. The Bertz CT molecular complexity index is 905. The van der Waals surface area contributed by atoms with Crippen molar-refractivity contribution in [1.29, 1.82) is 0 Å². The van der Waals surface area contributed by atoms with Crippen molar-refractivity contribution in [2.24, 2.45) is 0 Å². The first-order chi connectivity index (χ1) is 12.3. The molecule has 0 atom stereocenters. The van der Waals surface area contributed by atoms with Crippen LogP contribution in [0.25, 0.3) is 5.57 Å². The first-order valence-corrected chi connectivity index (χ1v) is 8.85.